The summed E-state index contributed by atoms with van der Waals surface area (Å²) in [5, 5.41) is 2.37. The quantitative estimate of drug-likeness (QED) is 0.329. The number of carbonyl (C=O) groups excluding carboxylic acids is 3. The molecule has 0 spiro atoms. The number of rotatable bonds is 9. The van der Waals surface area contributed by atoms with Gasteiger partial charge in [0, 0.05) is 7.05 Å². The zero-order valence-electron chi connectivity index (χ0n) is 19.1. The molecule has 0 aliphatic heterocycles. The molecule has 182 valence electrons. The van der Waals surface area contributed by atoms with Crippen molar-refractivity contribution < 1.29 is 23.9 Å². The number of aromatic nitrogens is 2. The lowest BCUT2D eigenvalue weighted by atomic mass is 10.2. The number of nitrogens with two attached hydrogens (primary N) is 1. The molecule has 0 fully saturated rings. The van der Waals surface area contributed by atoms with Crippen molar-refractivity contribution in [2.45, 2.75) is 6.54 Å². The second-order valence-electron chi connectivity index (χ2n) is 7.45. The summed E-state index contributed by atoms with van der Waals surface area (Å²) in [7, 11) is 2.63. The number of para-hydroxylation sites is 1. The van der Waals surface area contributed by atoms with E-state index in [-0.39, 0.29) is 17.9 Å². The van der Waals surface area contributed by atoms with Gasteiger partial charge in [-0.3, -0.25) is 28.3 Å². The van der Waals surface area contributed by atoms with Crippen molar-refractivity contribution in [2.24, 2.45) is 7.05 Å². The molecule has 0 unspecified atom stereocenters. The van der Waals surface area contributed by atoms with Gasteiger partial charge in [0.1, 0.15) is 23.7 Å². The summed E-state index contributed by atoms with van der Waals surface area (Å²) in [5.74, 6) is -2.36. The molecule has 0 saturated heterocycles. The third-order valence-corrected chi connectivity index (χ3v) is 5.15. The first-order valence-corrected chi connectivity index (χ1v) is 10.5. The number of methoxy groups -OCH3 is 1. The Labute approximate surface area is 199 Å². The summed E-state index contributed by atoms with van der Waals surface area (Å²) in [4.78, 5) is 62.2. The van der Waals surface area contributed by atoms with Gasteiger partial charge in [0.05, 0.1) is 19.2 Å². The zero-order chi connectivity index (χ0) is 25.5. The Morgan fingerprint density at radius 2 is 1.66 bits per heavy atom. The molecule has 0 radical (unpaired) electrons. The zero-order valence-corrected chi connectivity index (χ0v) is 19.1. The fraction of sp³-hybridized carbons (Fsp3) is 0.208. The van der Waals surface area contributed by atoms with Gasteiger partial charge in [-0.2, -0.15) is 0 Å². The fourth-order valence-electron chi connectivity index (χ4n) is 3.31. The van der Waals surface area contributed by atoms with E-state index in [1.807, 2.05) is 0 Å². The van der Waals surface area contributed by atoms with Crippen molar-refractivity contribution in [3.05, 3.63) is 92.1 Å². The topological polar surface area (TPSA) is 152 Å². The van der Waals surface area contributed by atoms with E-state index in [4.69, 9.17) is 15.2 Å². The van der Waals surface area contributed by atoms with Crippen molar-refractivity contribution >= 4 is 23.5 Å². The molecule has 1 aromatic heterocycles. The number of hydrogen-bond acceptors (Lipinski definition) is 8. The number of nitrogens with one attached hydrogen (secondary N) is 1. The SMILES string of the molecule is COc1ccccc1C(=O)NCC(=O)OCC(=O)c1c(N)n(Cc2ccccc2)c(=O)n(C)c1=O. The first-order chi connectivity index (χ1) is 16.7. The predicted octanol–water partition coefficient (Wildman–Crippen LogP) is 0.342. The first-order valence-electron chi connectivity index (χ1n) is 10.5. The molecule has 3 aromatic rings. The van der Waals surface area contributed by atoms with Crippen LogP contribution in [0.2, 0.25) is 0 Å². The average molecular weight is 480 g/mol. The number of ketones is 1. The molecule has 0 aliphatic carbocycles. The molecule has 1 heterocycles. The van der Waals surface area contributed by atoms with Crippen LogP contribution in [0, 0.1) is 0 Å². The molecule has 11 heteroatoms. The highest BCUT2D eigenvalue weighted by Gasteiger charge is 2.23. The summed E-state index contributed by atoms with van der Waals surface area (Å²) in [5.41, 5.74) is 4.91. The Hall–Kier alpha value is -4.67. The van der Waals surface area contributed by atoms with Crippen molar-refractivity contribution in [3.63, 3.8) is 0 Å². The molecule has 3 N–H and O–H groups in total. The fourth-order valence-corrected chi connectivity index (χ4v) is 3.31. The molecule has 0 saturated carbocycles. The van der Waals surface area contributed by atoms with E-state index in [1.165, 1.54) is 20.2 Å². The number of carbonyl (C=O) groups is 3. The van der Waals surface area contributed by atoms with Crippen LogP contribution < -0.4 is 27.0 Å². The van der Waals surface area contributed by atoms with Crippen LogP contribution in [0.4, 0.5) is 5.82 Å². The van der Waals surface area contributed by atoms with Crippen molar-refractivity contribution in [3.8, 4) is 5.75 Å². The Morgan fingerprint density at radius 3 is 2.34 bits per heavy atom. The summed E-state index contributed by atoms with van der Waals surface area (Å²) in [6.07, 6.45) is 0. The van der Waals surface area contributed by atoms with Crippen LogP contribution in [0.1, 0.15) is 26.3 Å². The molecular weight excluding hydrogens is 456 g/mol. The summed E-state index contributed by atoms with van der Waals surface area (Å²) in [6, 6.07) is 15.3. The van der Waals surface area contributed by atoms with E-state index >= 15 is 0 Å². The third kappa shape index (κ3) is 5.64. The molecule has 11 nitrogen and oxygen atoms in total. The Bertz CT molecular complexity index is 1380. The monoisotopic (exact) mass is 480 g/mol. The van der Waals surface area contributed by atoms with Crippen LogP contribution in [-0.2, 0) is 23.1 Å². The van der Waals surface area contributed by atoms with Gasteiger partial charge in [0.25, 0.3) is 11.5 Å². The van der Waals surface area contributed by atoms with E-state index < -0.39 is 47.6 Å². The van der Waals surface area contributed by atoms with E-state index in [0.717, 1.165) is 14.7 Å². The number of ether oxygens (including phenoxy) is 2. The van der Waals surface area contributed by atoms with Crippen molar-refractivity contribution in [2.75, 3.05) is 26.0 Å². The number of benzene rings is 2. The number of Topliss-reactive ketones (excluding diaryl/α,β-unsaturated/α-hetero) is 1. The highest BCUT2D eigenvalue weighted by atomic mass is 16.5. The third-order valence-electron chi connectivity index (χ3n) is 5.15. The van der Waals surface area contributed by atoms with Gasteiger partial charge < -0.3 is 20.5 Å². The molecular formula is C24H24N4O7. The van der Waals surface area contributed by atoms with Crippen LogP contribution >= 0.6 is 0 Å². The van der Waals surface area contributed by atoms with Gasteiger partial charge >= 0.3 is 11.7 Å². The Balaban J connectivity index is 1.69. The second-order valence-corrected chi connectivity index (χ2v) is 7.45. The standard InChI is InChI=1S/C24H24N4O7/c1-27-23(32)20(21(25)28(24(27)33)13-15-8-4-3-5-9-15)17(29)14-35-19(30)12-26-22(31)16-10-6-7-11-18(16)34-2/h3-11H,12-14,25H2,1-2H3,(H,26,31). The van der Waals surface area contributed by atoms with E-state index in [0.29, 0.717) is 5.75 Å². The maximum absolute atomic E-state index is 12.7. The lowest BCUT2D eigenvalue weighted by Gasteiger charge is -2.15. The largest absolute Gasteiger partial charge is 0.496 e. The molecule has 1 amide bonds. The highest BCUT2D eigenvalue weighted by Crippen LogP contribution is 2.16. The van der Waals surface area contributed by atoms with Gasteiger partial charge in [-0.1, -0.05) is 42.5 Å². The van der Waals surface area contributed by atoms with Crippen LogP contribution in [0.3, 0.4) is 0 Å². The summed E-state index contributed by atoms with van der Waals surface area (Å²) < 4.78 is 11.9. The molecule has 0 bridgehead atoms. The smallest absolute Gasteiger partial charge is 0.332 e. The minimum absolute atomic E-state index is 0.0364. The molecule has 0 aliphatic rings. The van der Waals surface area contributed by atoms with Crippen LogP contribution in [0.5, 0.6) is 5.75 Å². The number of anilines is 1. The van der Waals surface area contributed by atoms with Gasteiger partial charge in [-0.15, -0.1) is 0 Å². The number of amides is 1. The maximum Gasteiger partial charge on any atom is 0.332 e. The minimum atomic E-state index is -0.908. The molecule has 2 aromatic carbocycles. The first kappa shape index (κ1) is 25.0. The van der Waals surface area contributed by atoms with Gasteiger partial charge in [0.15, 0.2) is 6.61 Å². The molecule has 3 rings (SSSR count). The maximum atomic E-state index is 12.7. The summed E-state index contributed by atoms with van der Waals surface area (Å²) in [6.45, 7) is -1.29. The highest BCUT2D eigenvalue weighted by molar-refractivity contribution is 6.02. The normalized spacial score (nSPS) is 10.5. The molecule has 0 atom stereocenters. The van der Waals surface area contributed by atoms with Crippen molar-refractivity contribution in [1.82, 2.24) is 14.5 Å². The van der Waals surface area contributed by atoms with E-state index in [9.17, 15) is 24.0 Å². The predicted molar refractivity (Wildman–Crippen MR) is 127 cm³/mol. The minimum Gasteiger partial charge on any atom is -0.496 e. The lowest BCUT2D eigenvalue weighted by Crippen LogP contribution is -2.43. The number of hydrogen-bond donors (Lipinski definition) is 2. The van der Waals surface area contributed by atoms with Crippen LogP contribution in [0.15, 0.2) is 64.2 Å². The van der Waals surface area contributed by atoms with Crippen LogP contribution in [0.25, 0.3) is 0 Å². The Kier molecular flexibility index (Phi) is 7.82. The number of esters is 1. The summed E-state index contributed by atoms with van der Waals surface area (Å²) >= 11 is 0. The van der Waals surface area contributed by atoms with E-state index in [2.05, 4.69) is 5.32 Å². The Morgan fingerprint density at radius 1 is 1.00 bits per heavy atom. The number of nitrogens with zero attached hydrogens (tertiary/aromatic N) is 2. The average Bonchev–Trinajstić information content (AvgIpc) is 2.88. The van der Waals surface area contributed by atoms with E-state index in [1.54, 1.807) is 48.5 Å². The molecule has 35 heavy (non-hydrogen) atoms. The second kappa shape index (κ2) is 11.0. The van der Waals surface area contributed by atoms with Gasteiger partial charge in [-0.25, -0.2) is 4.79 Å². The van der Waals surface area contributed by atoms with Gasteiger partial charge in [-0.05, 0) is 17.7 Å². The van der Waals surface area contributed by atoms with Gasteiger partial charge in [0.2, 0.25) is 5.78 Å². The lowest BCUT2D eigenvalue weighted by molar-refractivity contribution is -0.141. The van der Waals surface area contributed by atoms with Crippen molar-refractivity contribution in [1.29, 1.82) is 0 Å². The number of nitrogen functional groups attached to an aromatic ring is 1. The van der Waals surface area contributed by atoms with Crippen LogP contribution in [-0.4, -0.2) is 47.1 Å².